The topological polar surface area (TPSA) is 107 Å². The summed E-state index contributed by atoms with van der Waals surface area (Å²) < 4.78 is 34.2. The van der Waals surface area contributed by atoms with E-state index in [1.165, 1.54) is 4.57 Å². The van der Waals surface area contributed by atoms with Gasteiger partial charge < -0.3 is 13.9 Å². The minimum atomic E-state index is -3.39. The fourth-order valence-electron chi connectivity index (χ4n) is 4.93. The number of hydrogen-bond acceptors (Lipinski definition) is 6. The summed E-state index contributed by atoms with van der Waals surface area (Å²) >= 11 is 0. The Morgan fingerprint density at radius 1 is 1.05 bits per heavy atom. The van der Waals surface area contributed by atoms with Crippen molar-refractivity contribution < 1.29 is 17.6 Å². The molecule has 0 spiro atoms. The highest BCUT2D eigenvalue weighted by Crippen LogP contribution is 2.27. The minimum absolute atomic E-state index is 0.00118. The molecule has 10 heteroatoms. The number of benzene rings is 2. The summed E-state index contributed by atoms with van der Waals surface area (Å²) in [6.07, 6.45) is 5.26. The highest BCUT2D eigenvalue weighted by atomic mass is 32.2. The Morgan fingerprint density at radius 2 is 1.78 bits per heavy atom. The first kappa shape index (κ1) is 25.0. The highest BCUT2D eigenvalue weighted by Gasteiger charge is 2.27. The van der Waals surface area contributed by atoms with Gasteiger partial charge in [-0.3, -0.25) is 9.36 Å². The van der Waals surface area contributed by atoms with Crippen LogP contribution in [0.4, 0.5) is 0 Å². The number of oxazole rings is 1. The monoisotopic (exact) mass is 522 g/mol. The van der Waals surface area contributed by atoms with Crippen LogP contribution in [-0.4, -0.2) is 52.2 Å². The lowest BCUT2D eigenvalue weighted by molar-refractivity contribution is -0.132. The van der Waals surface area contributed by atoms with Crippen LogP contribution in [0.25, 0.3) is 11.1 Å². The summed E-state index contributed by atoms with van der Waals surface area (Å²) in [4.78, 5) is 31.7. The molecular weight excluding hydrogens is 492 g/mol. The molecule has 0 N–H and O–H groups in total. The first-order valence-electron chi connectivity index (χ1n) is 12.5. The van der Waals surface area contributed by atoms with E-state index in [1.54, 1.807) is 42.6 Å². The minimum Gasteiger partial charge on any atom is -0.408 e. The summed E-state index contributed by atoms with van der Waals surface area (Å²) in [5, 5.41) is 0. The molecule has 1 amide bonds. The average Bonchev–Trinajstić information content (AvgIpc) is 3.50. The first-order chi connectivity index (χ1) is 17.8. The van der Waals surface area contributed by atoms with Gasteiger partial charge in [0.1, 0.15) is 5.82 Å². The summed E-state index contributed by atoms with van der Waals surface area (Å²) in [7, 11) is -3.39. The second-order valence-corrected chi connectivity index (χ2v) is 11.6. The number of imidazole rings is 1. The van der Waals surface area contributed by atoms with Crippen molar-refractivity contribution in [1.29, 1.82) is 0 Å². The molecule has 3 heterocycles. The van der Waals surface area contributed by atoms with Crippen LogP contribution in [0.15, 0.2) is 75.0 Å². The highest BCUT2D eigenvalue weighted by molar-refractivity contribution is 7.91. The molecule has 1 saturated heterocycles. The zero-order valence-corrected chi connectivity index (χ0v) is 21.6. The zero-order valence-electron chi connectivity index (χ0n) is 20.7. The van der Waals surface area contributed by atoms with E-state index in [2.05, 4.69) is 4.98 Å². The number of rotatable bonds is 8. The molecule has 0 unspecified atom stereocenters. The maximum Gasteiger partial charge on any atom is 0.419 e. The van der Waals surface area contributed by atoms with Gasteiger partial charge in [0.2, 0.25) is 5.91 Å². The average molecular weight is 523 g/mol. The molecule has 9 nitrogen and oxygen atoms in total. The Kier molecular flexibility index (Phi) is 7.01. The zero-order chi connectivity index (χ0) is 26.0. The molecule has 2 aromatic carbocycles. The molecule has 5 rings (SSSR count). The van der Waals surface area contributed by atoms with Crippen LogP contribution in [-0.2, 0) is 27.7 Å². The van der Waals surface area contributed by atoms with E-state index in [4.69, 9.17) is 4.42 Å². The lowest BCUT2D eigenvalue weighted by Gasteiger charge is -2.32. The van der Waals surface area contributed by atoms with Crippen molar-refractivity contribution in [2.24, 2.45) is 0 Å². The van der Waals surface area contributed by atoms with E-state index >= 15 is 0 Å². The van der Waals surface area contributed by atoms with Gasteiger partial charge in [0.05, 0.1) is 16.2 Å². The second-order valence-electron chi connectivity index (χ2n) is 9.50. The SMILES string of the molecule is Cc1ccc(S(=O)(=O)CCn2ccnc2C2CCN(C(=O)CCn3c(=O)oc4ccccc43)CC2)cc1. The fraction of sp³-hybridized carbons (Fsp3) is 0.370. The van der Waals surface area contributed by atoms with E-state index in [1.807, 2.05) is 34.7 Å². The number of nitrogens with zero attached hydrogens (tertiary/aromatic N) is 4. The predicted molar refractivity (Wildman–Crippen MR) is 139 cm³/mol. The molecule has 0 bridgehead atoms. The number of para-hydroxylation sites is 2. The third-order valence-electron chi connectivity index (χ3n) is 7.06. The number of amides is 1. The summed E-state index contributed by atoms with van der Waals surface area (Å²) in [6, 6.07) is 14.1. The van der Waals surface area contributed by atoms with E-state index in [9.17, 15) is 18.0 Å². The summed E-state index contributed by atoms with van der Waals surface area (Å²) in [6.45, 7) is 3.72. The molecule has 1 fully saturated rings. The quantitative estimate of drug-likeness (QED) is 0.351. The Hall–Kier alpha value is -3.66. The Balaban J connectivity index is 1.16. The van der Waals surface area contributed by atoms with Crippen molar-refractivity contribution >= 4 is 26.8 Å². The summed E-state index contributed by atoms with van der Waals surface area (Å²) in [5.74, 6) is 0.565. The normalized spacial score (nSPS) is 14.9. The molecule has 0 saturated carbocycles. The van der Waals surface area contributed by atoms with Crippen LogP contribution < -0.4 is 5.76 Å². The van der Waals surface area contributed by atoms with E-state index in [-0.39, 0.29) is 30.5 Å². The first-order valence-corrected chi connectivity index (χ1v) is 14.1. The second kappa shape index (κ2) is 10.4. The van der Waals surface area contributed by atoms with Crippen molar-refractivity contribution in [3.63, 3.8) is 0 Å². The predicted octanol–water partition coefficient (Wildman–Crippen LogP) is 3.37. The molecule has 1 aliphatic rings. The standard InChI is InChI=1S/C27H30N4O5S/c1-20-6-8-22(9-7-20)37(34,35)19-18-30-17-13-28-26(30)21-10-14-29(15-11-21)25(32)12-16-31-23-4-2-3-5-24(23)36-27(31)33/h2-9,13,17,21H,10-12,14-16,18-19H2,1H3. The molecule has 0 radical (unpaired) electrons. The van der Waals surface area contributed by atoms with Crippen molar-refractivity contribution in [3.8, 4) is 0 Å². The van der Waals surface area contributed by atoms with E-state index in [0.717, 1.165) is 24.2 Å². The van der Waals surface area contributed by atoms with Crippen LogP contribution >= 0.6 is 0 Å². The van der Waals surface area contributed by atoms with Gasteiger partial charge in [-0.1, -0.05) is 29.8 Å². The molecular formula is C27H30N4O5S. The van der Waals surface area contributed by atoms with Crippen molar-refractivity contribution in [2.75, 3.05) is 18.8 Å². The number of fused-ring (bicyclic) bond motifs is 1. The van der Waals surface area contributed by atoms with Crippen LogP contribution in [0, 0.1) is 6.92 Å². The van der Waals surface area contributed by atoms with Gasteiger partial charge in [-0.15, -0.1) is 0 Å². The molecule has 37 heavy (non-hydrogen) atoms. The number of likely N-dealkylation sites (tertiary alicyclic amines) is 1. The third kappa shape index (κ3) is 5.39. The van der Waals surface area contributed by atoms with Crippen LogP contribution in [0.1, 0.15) is 36.6 Å². The van der Waals surface area contributed by atoms with Crippen molar-refractivity contribution in [2.45, 2.75) is 50.1 Å². The lowest BCUT2D eigenvalue weighted by Crippen LogP contribution is -2.39. The van der Waals surface area contributed by atoms with Crippen molar-refractivity contribution in [3.05, 3.63) is 82.9 Å². The van der Waals surface area contributed by atoms with Crippen molar-refractivity contribution in [1.82, 2.24) is 19.0 Å². The third-order valence-corrected chi connectivity index (χ3v) is 8.77. The van der Waals surface area contributed by atoms with Gasteiger partial charge >= 0.3 is 5.76 Å². The van der Waals surface area contributed by atoms with Crippen LogP contribution in [0.5, 0.6) is 0 Å². The Bertz CT molecular complexity index is 1560. The number of hydrogen-bond donors (Lipinski definition) is 0. The largest absolute Gasteiger partial charge is 0.419 e. The van der Waals surface area contributed by atoms with Gasteiger partial charge in [0, 0.05) is 50.9 Å². The van der Waals surface area contributed by atoms with Gasteiger partial charge in [0.15, 0.2) is 15.4 Å². The molecule has 0 aliphatic carbocycles. The van der Waals surface area contributed by atoms with Gasteiger partial charge in [-0.05, 0) is 44.0 Å². The number of piperidine rings is 1. The number of aryl methyl sites for hydroxylation is 3. The number of carbonyl (C=O) groups excluding carboxylic acids is 1. The van der Waals surface area contributed by atoms with E-state index in [0.29, 0.717) is 35.6 Å². The number of carbonyl (C=O) groups is 1. The molecule has 1 aliphatic heterocycles. The lowest BCUT2D eigenvalue weighted by atomic mass is 9.95. The molecule has 2 aromatic heterocycles. The number of aromatic nitrogens is 3. The van der Waals surface area contributed by atoms with Gasteiger partial charge in [0.25, 0.3) is 0 Å². The summed E-state index contributed by atoms with van der Waals surface area (Å²) in [5.41, 5.74) is 2.22. The molecule has 194 valence electrons. The maximum absolute atomic E-state index is 12.9. The van der Waals surface area contributed by atoms with E-state index < -0.39 is 15.6 Å². The molecule has 0 atom stereocenters. The van der Waals surface area contributed by atoms with Crippen LogP contribution in [0.3, 0.4) is 0 Å². The Morgan fingerprint density at radius 3 is 2.54 bits per heavy atom. The maximum atomic E-state index is 12.9. The fourth-order valence-corrected chi connectivity index (χ4v) is 6.15. The van der Waals surface area contributed by atoms with Gasteiger partial charge in [-0.2, -0.15) is 0 Å². The Labute approximate surface area is 215 Å². The van der Waals surface area contributed by atoms with Crippen LogP contribution in [0.2, 0.25) is 0 Å². The van der Waals surface area contributed by atoms with Gasteiger partial charge in [-0.25, -0.2) is 18.2 Å². The number of sulfone groups is 1. The smallest absolute Gasteiger partial charge is 0.408 e. The molecule has 4 aromatic rings.